The monoisotopic (exact) mass is 643 g/mol. The molecule has 0 aliphatic rings. The van der Waals surface area contributed by atoms with E-state index in [1.165, 1.54) is 17.0 Å². The fraction of sp³-hybridized carbons (Fsp3) is 0.355. The SMILES string of the molecule is CCOc1ccc(N(CC(=O)N(Cc2ccccc2C)C(CC)C(=O)NC(C)C)S(=O)(=O)c2ccc(Br)cc2)cc1. The molecular formula is C31H38BrN3O5S. The molecule has 0 saturated carbocycles. The van der Waals surface area contributed by atoms with Crippen LogP contribution in [0.15, 0.2) is 82.2 Å². The van der Waals surface area contributed by atoms with Gasteiger partial charge in [0.05, 0.1) is 17.2 Å². The number of hydrogen-bond acceptors (Lipinski definition) is 5. The highest BCUT2D eigenvalue weighted by molar-refractivity contribution is 9.10. The summed E-state index contributed by atoms with van der Waals surface area (Å²) in [5.74, 6) is -0.192. The molecule has 0 aliphatic heterocycles. The van der Waals surface area contributed by atoms with Crippen molar-refractivity contribution in [2.45, 2.75) is 64.6 Å². The van der Waals surface area contributed by atoms with E-state index in [1.807, 2.05) is 58.9 Å². The van der Waals surface area contributed by atoms with Crippen molar-refractivity contribution in [3.05, 3.63) is 88.4 Å². The summed E-state index contributed by atoms with van der Waals surface area (Å²) in [7, 11) is -4.15. The Morgan fingerprint density at radius 2 is 1.59 bits per heavy atom. The lowest BCUT2D eigenvalue weighted by Crippen LogP contribution is -2.53. The van der Waals surface area contributed by atoms with Crippen LogP contribution in [-0.2, 0) is 26.2 Å². The lowest BCUT2D eigenvalue weighted by atomic mass is 10.1. The molecule has 3 aromatic rings. The molecule has 1 atom stereocenters. The van der Waals surface area contributed by atoms with Gasteiger partial charge in [-0.15, -0.1) is 0 Å². The first-order chi connectivity index (χ1) is 19.5. The molecule has 1 N–H and O–H groups in total. The van der Waals surface area contributed by atoms with Crippen LogP contribution < -0.4 is 14.4 Å². The van der Waals surface area contributed by atoms with Gasteiger partial charge in [0, 0.05) is 17.1 Å². The fourth-order valence-electron chi connectivity index (χ4n) is 4.41. The zero-order chi connectivity index (χ0) is 30.2. The van der Waals surface area contributed by atoms with E-state index in [4.69, 9.17) is 4.74 Å². The lowest BCUT2D eigenvalue weighted by molar-refractivity contribution is -0.140. The summed E-state index contributed by atoms with van der Waals surface area (Å²) in [5, 5.41) is 2.91. The molecule has 3 aromatic carbocycles. The van der Waals surface area contributed by atoms with E-state index in [-0.39, 0.29) is 23.4 Å². The highest BCUT2D eigenvalue weighted by Gasteiger charge is 2.34. The molecule has 0 bridgehead atoms. The Balaban J connectivity index is 2.07. The Labute approximate surface area is 251 Å². The number of nitrogens with zero attached hydrogens (tertiary/aromatic N) is 2. The second-order valence-electron chi connectivity index (χ2n) is 9.93. The first-order valence-electron chi connectivity index (χ1n) is 13.6. The van der Waals surface area contributed by atoms with Crippen molar-refractivity contribution in [2.75, 3.05) is 17.5 Å². The third kappa shape index (κ3) is 8.33. The maximum absolute atomic E-state index is 14.1. The van der Waals surface area contributed by atoms with Crippen molar-refractivity contribution in [1.82, 2.24) is 10.2 Å². The molecule has 0 heterocycles. The van der Waals surface area contributed by atoms with Gasteiger partial charge in [-0.3, -0.25) is 13.9 Å². The number of carbonyl (C=O) groups excluding carboxylic acids is 2. The highest BCUT2D eigenvalue weighted by atomic mass is 79.9. The molecule has 0 radical (unpaired) electrons. The number of amides is 2. The summed E-state index contributed by atoms with van der Waals surface area (Å²) in [6.07, 6.45) is 0.360. The molecule has 41 heavy (non-hydrogen) atoms. The Morgan fingerprint density at radius 3 is 2.15 bits per heavy atom. The number of benzene rings is 3. The summed E-state index contributed by atoms with van der Waals surface area (Å²) in [5.41, 5.74) is 2.15. The van der Waals surface area contributed by atoms with Crippen molar-refractivity contribution in [3.63, 3.8) is 0 Å². The molecular weight excluding hydrogens is 606 g/mol. The minimum atomic E-state index is -4.15. The first-order valence-corrected chi connectivity index (χ1v) is 15.9. The van der Waals surface area contributed by atoms with Crippen LogP contribution in [0.3, 0.4) is 0 Å². The van der Waals surface area contributed by atoms with E-state index in [0.717, 1.165) is 19.9 Å². The Morgan fingerprint density at radius 1 is 0.951 bits per heavy atom. The van der Waals surface area contributed by atoms with Crippen LogP contribution in [0.25, 0.3) is 0 Å². The van der Waals surface area contributed by atoms with Crippen LogP contribution in [0, 0.1) is 6.92 Å². The number of ether oxygens (including phenoxy) is 1. The van der Waals surface area contributed by atoms with Gasteiger partial charge < -0.3 is 15.0 Å². The predicted molar refractivity (Wildman–Crippen MR) is 165 cm³/mol. The third-order valence-corrected chi connectivity index (χ3v) is 8.85. The van der Waals surface area contributed by atoms with E-state index in [9.17, 15) is 18.0 Å². The number of anilines is 1. The molecule has 0 fully saturated rings. The zero-order valence-corrected chi connectivity index (χ0v) is 26.5. The minimum absolute atomic E-state index is 0.0393. The molecule has 1 unspecified atom stereocenters. The van der Waals surface area contributed by atoms with E-state index in [1.54, 1.807) is 36.4 Å². The van der Waals surface area contributed by atoms with Gasteiger partial charge in [0.2, 0.25) is 11.8 Å². The van der Waals surface area contributed by atoms with Crippen LogP contribution in [-0.4, -0.2) is 50.4 Å². The lowest BCUT2D eigenvalue weighted by Gasteiger charge is -2.34. The smallest absolute Gasteiger partial charge is 0.264 e. The highest BCUT2D eigenvalue weighted by Crippen LogP contribution is 2.28. The summed E-state index contributed by atoms with van der Waals surface area (Å²) < 4.78 is 35.3. The van der Waals surface area contributed by atoms with Gasteiger partial charge in [-0.25, -0.2) is 8.42 Å². The zero-order valence-electron chi connectivity index (χ0n) is 24.1. The van der Waals surface area contributed by atoms with Gasteiger partial charge in [0.15, 0.2) is 0 Å². The van der Waals surface area contributed by atoms with Crippen molar-refractivity contribution in [2.24, 2.45) is 0 Å². The van der Waals surface area contributed by atoms with Gasteiger partial charge >= 0.3 is 0 Å². The van der Waals surface area contributed by atoms with Crippen molar-refractivity contribution in [3.8, 4) is 5.75 Å². The summed E-state index contributed by atoms with van der Waals surface area (Å²) in [4.78, 5) is 28.9. The third-order valence-electron chi connectivity index (χ3n) is 6.54. The number of sulfonamides is 1. The number of carbonyl (C=O) groups is 2. The first kappa shape index (κ1) is 32.1. The topological polar surface area (TPSA) is 96.0 Å². The van der Waals surface area contributed by atoms with E-state index >= 15 is 0 Å². The van der Waals surface area contributed by atoms with Gasteiger partial charge in [-0.2, -0.15) is 0 Å². The van der Waals surface area contributed by atoms with Crippen LogP contribution in [0.2, 0.25) is 0 Å². The average Bonchev–Trinajstić information content (AvgIpc) is 2.93. The Kier molecular flexibility index (Phi) is 11.4. The van der Waals surface area contributed by atoms with Crippen LogP contribution in [0.5, 0.6) is 5.75 Å². The van der Waals surface area contributed by atoms with Crippen LogP contribution in [0.4, 0.5) is 5.69 Å². The predicted octanol–water partition coefficient (Wildman–Crippen LogP) is 5.68. The van der Waals surface area contributed by atoms with Crippen molar-refractivity contribution >= 4 is 43.5 Å². The largest absolute Gasteiger partial charge is 0.494 e. The number of aryl methyl sites for hydroxylation is 1. The van der Waals surface area contributed by atoms with E-state index in [2.05, 4.69) is 21.2 Å². The second-order valence-corrected chi connectivity index (χ2v) is 12.7. The number of nitrogens with one attached hydrogen (secondary N) is 1. The van der Waals surface area contributed by atoms with Crippen molar-refractivity contribution < 1.29 is 22.7 Å². The maximum Gasteiger partial charge on any atom is 0.264 e. The fourth-order valence-corrected chi connectivity index (χ4v) is 6.09. The Hall–Kier alpha value is -3.37. The molecule has 0 saturated heterocycles. The summed E-state index contributed by atoms with van der Waals surface area (Å²) in [6.45, 7) is 9.48. The summed E-state index contributed by atoms with van der Waals surface area (Å²) >= 11 is 3.35. The second kappa shape index (κ2) is 14.5. The normalized spacial score (nSPS) is 12.1. The molecule has 8 nitrogen and oxygen atoms in total. The van der Waals surface area contributed by atoms with Gasteiger partial charge in [0.1, 0.15) is 18.3 Å². The average molecular weight is 645 g/mol. The summed E-state index contributed by atoms with van der Waals surface area (Å²) in [6, 6.07) is 19.5. The maximum atomic E-state index is 14.1. The van der Waals surface area contributed by atoms with Crippen LogP contribution >= 0.6 is 15.9 Å². The quantitative estimate of drug-likeness (QED) is 0.258. The molecule has 0 spiro atoms. The number of hydrogen-bond donors (Lipinski definition) is 1. The number of halogens is 1. The molecule has 0 aliphatic carbocycles. The van der Waals surface area contributed by atoms with E-state index < -0.39 is 28.5 Å². The molecule has 10 heteroatoms. The Bertz CT molecular complexity index is 1430. The standard InChI is InChI=1S/C31H38BrN3O5S/c1-6-29(31(37)33-22(3)4)34(20-24-11-9-8-10-23(24)5)30(36)21-35(26-14-16-27(17-15-26)40-7-2)41(38,39)28-18-12-25(32)13-19-28/h8-19,22,29H,6-7,20-21H2,1-5H3,(H,33,37). The van der Waals surface area contributed by atoms with Gasteiger partial charge in [-0.1, -0.05) is 47.1 Å². The van der Waals surface area contributed by atoms with Crippen molar-refractivity contribution in [1.29, 1.82) is 0 Å². The molecule has 220 valence electrons. The molecule has 3 rings (SSSR count). The van der Waals surface area contributed by atoms with Crippen LogP contribution in [0.1, 0.15) is 45.2 Å². The number of rotatable bonds is 13. The van der Waals surface area contributed by atoms with E-state index in [0.29, 0.717) is 24.5 Å². The van der Waals surface area contributed by atoms with Gasteiger partial charge in [0.25, 0.3) is 10.0 Å². The molecule has 2 amide bonds. The minimum Gasteiger partial charge on any atom is -0.494 e. The molecule has 0 aromatic heterocycles. The van der Waals surface area contributed by atoms with Gasteiger partial charge in [-0.05, 0) is 93.8 Å².